The van der Waals surface area contributed by atoms with E-state index in [4.69, 9.17) is 10.5 Å². The minimum atomic E-state index is 0.188. The van der Waals surface area contributed by atoms with Crippen LogP contribution in [0.3, 0.4) is 0 Å². The van der Waals surface area contributed by atoms with E-state index in [-0.39, 0.29) is 6.10 Å². The molecular formula is C21H25N5O. The van der Waals surface area contributed by atoms with Gasteiger partial charge in [-0.2, -0.15) is 0 Å². The van der Waals surface area contributed by atoms with Crippen molar-refractivity contribution in [1.82, 2.24) is 15.0 Å². The number of hydrogen-bond acceptors (Lipinski definition) is 6. The quantitative estimate of drug-likeness (QED) is 0.728. The van der Waals surface area contributed by atoms with Gasteiger partial charge >= 0.3 is 0 Å². The molecule has 0 aliphatic heterocycles. The molecule has 2 aromatic heterocycles. The van der Waals surface area contributed by atoms with Gasteiger partial charge in [0.25, 0.3) is 0 Å². The monoisotopic (exact) mass is 363 g/mol. The Kier molecular flexibility index (Phi) is 4.79. The van der Waals surface area contributed by atoms with Gasteiger partial charge in [-0.15, -0.1) is 0 Å². The molecule has 0 unspecified atom stereocenters. The topological polar surface area (TPSA) is 86.0 Å². The SMILES string of the molecule is Cc1ccnc(N[C@H]2CC[C@H](Oc3cccc4nc(C)cc(N)c34)CC2)n1. The Balaban J connectivity index is 1.42. The highest BCUT2D eigenvalue weighted by atomic mass is 16.5. The first-order valence-corrected chi connectivity index (χ1v) is 9.47. The molecule has 1 aliphatic rings. The molecule has 140 valence electrons. The highest BCUT2D eigenvalue weighted by Crippen LogP contribution is 2.33. The second kappa shape index (κ2) is 7.39. The summed E-state index contributed by atoms with van der Waals surface area (Å²) in [6, 6.07) is 10.1. The summed E-state index contributed by atoms with van der Waals surface area (Å²) in [5.41, 5.74) is 9.74. The zero-order chi connectivity index (χ0) is 18.8. The number of pyridine rings is 1. The number of rotatable bonds is 4. The maximum atomic E-state index is 6.33. The predicted octanol–water partition coefficient (Wildman–Crippen LogP) is 4.03. The largest absolute Gasteiger partial charge is 0.490 e. The third kappa shape index (κ3) is 3.94. The molecule has 1 saturated carbocycles. The van der Waals surface area contributed by atoms with Crippen LogP contribution in [0.1, 0.15) is 37.1 Å². The number of aryl methyl sites for hydroxylation is 2. The van der Waals surface area contributed by atoms with Gasteiger partial charge in [-0.3, -0.25) is 4.98 Å². The Bertz CT molecular complexity index is 950. The minimum Gasteiger partial charge on any atom is -0.490 e. The molecule has 0 amide bonds. The maximum Gasteiger partial charge on any atom is 0.223 e. The Morgan fingerprint density at radius 1 is 1.04 bits per heavy atom. The molecular weight excluding hydrogens is 338 g/mol. The molecule has 0 bridgehead atoms. The van der Waals surface area contributed by atoms with Crippen LogP contribution in [0.5, 0.6) is 5.75 Å². The molecule has 6 heteroatoms. The van der Waals surface area contributed by atoms with Gasteiger partial charge in [-0.25, -0.2) is 9.97 Å². The number of fused-ring (bicyclic) bond motifs is 1. The molecule has 0 radical (unpaired) electrons. The van der Waals surface area contributed by atoms with Crippen LogP contribution in [0, 0.1) is 13.8 Å². The smallest absolute Gasteiger partial charge is 0.223 e. The first-order valence-electron chi connectivity index (χ1n) is 9.47. The van der Waals surface area contributed by atoms with Gasteiger partial charge in [0.2, 0.25) is 5.95 Å². The van der Waals surface area contributed by atoms with E-state index in [2.05, 4.69) is 20.3 Å². The van der Waals surface area contributed by atoms with Crippen molar-refractivity contribution in [3.05, 3.63) is 47.9 Å². The number of nitrogens with zero attached hydrogens (tertiary/aromatic N) is 3. The second-order valence-corrected chi connectivity index (χ2v) is 7.26. The number of hydrogen-bond donors (Lipinski definition) is 2. The van der Waals surface area contributed by atoms with E-state index in [1.165, 1.54) is 0 Å². The van der Waals surface area contributed by atoms with Crippen molar-refractivity contribution in [1.29, 1.82) is 0 Å². The fourth-order valence-corrected chi connectivity index (χ4v) is 3.73. The van der Waals surface area contributed by atoms with Crippen molar-refractivity contribution < 1.29 is 4.74 Å². The van der Waals surface area contributed by atoms with Crippen LogP contribution in [-0.4, -0.2) is 27.1 Å². The molecule has 3 aromatic rings. The lowest BCUT2D eigenvalue weighted by Gasteiger charge is -2.30. The Hall–Kier alpha value is -2.89. The van der Waals surface area contributed by atoms with Crippen LogP contribution in [0.15, 0.2) is 36.5 Å². The lowest BCUT2D eigenvalue weighted by atomic mass is 9.93. The third-order valence-electron chi connectivity index (χ3n) is 5.05. The number of aromatic nitrogens is 3. The van der Waals surface area contributed by atoms with Crippen LogP contribution in [0.2, 0.25) is 0 Å². The average molecular weight is 363 g/mol. The van der Waals surface area contributed by atoms with E-state index < -0.39 is 0 Å². The third-order valence-corrected chi connectivity index (χ3v) is 5.05. The molecule has 4 rings (SSSR count). The molecule has 3 N–H and O–H groups in total. The summed E-state index contributed by atoms with van der Waals surface area (Å²) < 4.78 is 6.33. The van der Waals surface area contributed by atoms with Crippen LogP contribution < -0.4 is 15.8 Å². The van der Waals surface area contributed by atoms with Gasteiger partial charge in [0.05, 0.1) is 17.0 Å². The zero-order valence-corrected chi connectivity index (χ0v) is 15.8. The van der Waals surface area contributed by atoms with Gasteiger partial charge in [0, 0.05) is 29.3 Å². The summed E-state index contributed by atoms with van der Waals surface area (Å²) >= 11 is 0. The summed E-state index contributed by atoms with van der Waals surface area (Å²) in [4.78, 5) is 13.3. The number of anilines is 2. The molecule has 0 atom stereocenters. The molecule has 1 aliphatic carbocycles. The molecule has 1 aromatic carbocycles. The summed E-state index contributed by atoms with van der Waals surface area (Å²) in [6.45, 7) is 3.93. The molecule has 2 heterocycles. The predicted molar refractivity (Wildman–Crippen MR) is 108 cm³/mol. The number of nitrogens with one attached hydrogen (secondary N) is 1. The molecule has 6 nitrogen and oxygen atoms in total. The van der Waals surface area contributed by atoms with Crippen LogP contribution in [-0.2, 0) is 0 Å². The number of ether oxygens (including phenoxy) is 1. The number of nitrogen functional groups attached to an aromatic ring is 1. The van der Waals surface area contributed by atoms with E-state index in [0.29, 0.717) is 12.0 Å². The standard InChI is InChI=1S/C21H25N5O/c1-13-10-11-23-21(25-13)26-15-6-8-16(9-7-15)27-19-5-3-4-18-20(19)17(22)12-14(2)24-18/h3-5,10-12,15-16H,6-9H2,1-2H3,(H2,22,24)(H,23,25,26)/t15-,16-. The highest BCUT2D eigenvalue weighted by Gasteiger charge is 2.23. The van der Waals surface area contributed by atoms with Gasteiger partial charge in [0.1, 0.15) is 5.75 Å². The molecule has 0 saturated heterocycles. The normalized spacial score (nSPS) is 19.8. The molecule has 1 fully saturated rings. The second-order valence-electron chi connectivity index (χ2n) is 7.26. The van der Waals surface area contributed by atoms with Crippen molar-refractivity contribution in [3.8, 4) is 5.75 Å². The Labute approximate surface area is 159 Å². The minimum absolute atomic E-state index is 0.188. The van der Waals surface area contributed by atoms with E-state index in [1.54, 1.807) is 6.20 Å². The zero-order valence-electron chi connectivity index (χ0n) is 15.8. The van der Waals surface area contributed by atoms with E-state index in [0.717, 1.165) is 59.4 Å². The fraction of sp³-hybridized carbons (Fsp3) is 0.381. The summed E-state index contributed by atoms with van der Waals surface area (Å²) in [5, 5.41) is 4.36. The van der Waals surface area contributed by atoms with Gasteiger partial charge in [-0.1, -0.05) is 6.07 Å². The van der Waals surface area contributed by atoms with Crippen molar-refractivity contribution >= 4 is 22.5 Å². The lowest BCUT2D eigenvalue weighted by Crippen LogP contribution is -2.31. The average Bonchev–Trinajstić information content (AvgIpc) is 2.63. The number of benzene rings is 1. The van der Waals surface area contributed by atoms with Crippen molar-refractivity contribution in [2.75, 3.05) is 11.1 Å². The highest BCUT2D eigenvalue weighted by molar-refractivity contribution is 5.95. The van der Waals surface area contributed by atoms with Crippen molar-refractivity contribution in [3.63, 3.8) is 0 Å². The Morgan fingerprint density at radius 2 is 1.85 bits per heavy atom. The van der Waals surface area contributed by atoms with Crippen LogP contribution in [0.4, 0.5) is 11.6 Å². The molecule has 27 heavy (non-hydrogen) atoms. The van der Waals surface area contributed by atoms with Gasteiger partial charge in [0.15, 0.2) is 0 Å². The van der Waals surface area contributed by atoms with Crippen LogP contribution >= 0.6 is 0 Å². The van der Waals surface area contributed by atoms with E-state index >= 15 is 0 Å². The van der Waals surface area contributed by atoms with Crippen molar-refractivity contribution in [2.24, 2.45) is 0 Å². The van der Waals surface area contributed by atoms with Crippen LogP contribution in [0.25, 0.3) is 10.9 Å². The number of nitrogens with two attached hydrogens (primary N) is 1. The summed E-state index contributed by atoms with van der Waals surface area (Å²) in [5.74, 6) is 1.54. The first-order chi connectivity index (χ1) is 13.1. The molecule has 0 spiro atoms. The summed E-state index contributed by atoms with van der Waals surface area (Å²) in [7, 11) is 0. The van der Waals surface area contributed by atoms with Gasteiger partial charge < -0.3 is 15.8 Å². The maximum absolute atomic E-state index is 6.33. The van der Waals surface area contributed by atoms with Crippen molar-refractivity contribution in [2.45, 2.75) is 51.7 Å². The first kappa shape index (κ1) is 17.5. The fourth-order valence-electron chi connectivity index (χ4n) is 3.73. The Morgan fingerprint density at radius 3 is 2.63 bits per heavy atom. The van der Waals surface area contributed by atoms with Gasteiger partial charge in [-0.05, 0) is 63.8 Å². The summed E-state index contributed by atoms with van der Waals surface area (Å²) in [6.07, 6.45) is 6.00. The van der Waals surface area contributed by atoms with E-state index in [1.807, 2.05) is 44.2 Å². The lowest BCUT2D eigenvalue weighted by molar-refractivity contribution is 0.152. The van der Waals surface area contributed by atoms with E-state index in [9.17, 15) is 0 Å².